The van der Waals surface area contributed by atoms with Crippen LogP contribution in [-0.4, -0.2) is 0 Å². The molecule has 0 N–H and O–H groups in total. The molecule has 0 unspecified atom stereocenters. The van der Waals surface area contributed by atoms with Crippen LogP contribution in [0.1, 0.15) is 0 Å². The Morgan fingerprint density at radius 2 is 0.745 bits per heavy atom. The smallest absolute Gasteiger partial charge is 0.136 e. The fraction of sp³-hybridized carbons (Fsp3) is 0. The molecule has 2 heterocycles. The molecular weight excluding hydrogens is 574 g/mol. The van der Waals surface area contributed by atoms with Gasteiger partial charge in [0.05, 0.1) is 0 Å². The van der Waals surface area contributed by atoms with Crippen molar-refractivity contribution in [1.82, 2.24) is 0 Å². The van der Waals surface area contributed by atoms with Gasteiger partial charge >= 0.3 is 0 Å². The van der Waals surface area contributed by atoms with E-state index in [9.17, 15) is 0 Å². The number of rotatable bonds is 4. The van der Waals surface area contributed by atoms with Crippen LogP contribution in [0.5, 0.6) is 0 Å². The first-order valence-corrected chi connectivity index (χ1v) is 15.9. The number of hydrogen-bond acceptors (Lipinski definition) is 3. The van der Waals surface area contributed by atoms with Crippen LogP contribution in [0.25, 0.3) is 76.5 Å². The molecule has 0 radical (unpaired) electrons. The SMILES string of the molecule is c1ccc(-c2ccc(N(c3ccccc3)c3ccc4cc5oc6cc7c(cc6c5cc4c3)oc3cc4ccccc4cc37)cc2)cc1. The van der Waals surface area contributed by atoms with Crippen LogP contribution in [0.2, 0.25) is 0 Å². The molecule has 0 saturated heterocycles. The molecule has 0 aliphatic heterocycles. The first-order chi connectivity index (χ1) is 23.2. The first-order valence-electron chi connectivity index (χ1n) is 15.9. The van der Waals surface area contributed by atoms with Crippen LogP contribution in [0, 0.1) is 0 Å². The minimum absolute atomic E-state index is 0.864. The molecule has 0 amide bonds. The number of furan rings is 2. The monoisotopic (exact) mass is 601 g/mol. The topological polar surface area (TPSA) is 29.5 Å². The largest absolute Gasteiger partial charge is 0.456 e. The Labute approximate surface area is 270 Å². The van der Waals surface area contributed by atoms with E-state index in [2.05, 4.69) is 169 Å². The Morgan fingerprint density at radius 3 is 1.40 bits per heavy atom. The molecular formula is C44H27NO2. The molecule has 0 saturated carbocycles. The highest BCUT2D eigenvalue weighted by atomic mass is 16.3. The summed E-state index contributed by atoms with van der Waals surface area (Å²) in [6, 6.07) is 58.0. The Hall–Kier alpha value is -6.32. The van der Waals surface area contributed by atoms with Crippen LogP contribution in [0.15, 0.2) is 173 Å². The maximum atomic E-state index is 6.49. The molecule has 0 atom stereocenters. The lowest BCUT2D eigenvalue weighted by atomic mass is 10.0. The van der Waals surface area contributed by atoms with Gasteiger partial charge in [-0.2, -0.15) is 0 Å². The van der Waals surface area contributed by atoms with Crippen LogP contribution in [0.4, 0.5) is 17.1 Å². The van der Waals surface area contributed by atoms with Gasteiger partial charge in [-0.15, -0.1) is 0 Å². The molecule has 10 rings (SSSR count). The van der Waals surface area contributed by atoms with Crippen molar-refractivity contribution in [3.05, 3.63) is 164 Å². The average molecular weight is 602 g/mol. The lowest BCUT2D eigenvalue weighted by Gasteiger charge is -2.26. The number of para-hydroxylation sites is 1. The number of benzene rings is 8. The third-order valence-corrected chi connectivity index (χ3v) is 9.38. The molecule has 8 aromatic carbocycles. The average Bonchev–Trinajstić information content (AvgIpc) is 3.65. The maximum absolute atomic E-state index is 6.49. The van der Waals surface area contributed by atoms with E-state index in [0.717, 1.165) is 71.7 Å². The number of fused-ring (bicyclic) bond motifs is 8. The molecule has 3 heteroatoms. The van der Waals surface area contributed by atoms with Gasteiger partial charge in [-0.05, 0) is 105 Å². The lowest BCUT2D eigenvalue weighted by molar-refractivity contribution is 0.664. The standard InChI is InChI=1S/C44H27NO2/c1-3-9-28(10-4-1)29-15-18-35(19-16-29)45(34-13-5-2-6-14-34)36-20-17-32-25-42-38(23-33(32)21-36)40-27-43-39(26-44(40)47-42)37-22-30-11-7-8-12-31(30)24-41(37)46-43/h1-27H. The van der Waals surface area contributed by atoms with E-state index in [0.29, 0.717) is 0 Å². The molecule has 0 spiro atoms. The van der Waals surface area contributed by atoms with Gasteiger partial charge in [-0.1, -0.05) is 91.0 Å². The summed E-state index contributed by atoms with van der Waals surface area (Å²) in [6.07, 6.45) is 0. The highest BCUT2D eigenvalue weighted by molar-refractivity contribution is 6.18. The zero-order valence-electron chi connectivity index (χ0n) is 25.4. The second-order valence-corrected chi connectivity index (χ2v) is 12.2. The molecule has 220 valence electrons. The summed E-state index contributed by atoms with van der Waals surface area (Å²) in [5.41, 5.74) is 9.20. The van der Waals surface area contributed by atoms with E-state index in [1.54, 1.807) is 0 Å². The zero-order valence-corrected chi connectivity index (χ0v) is 25.4. The van der Waals surface area contributed by atoms with Crippen LogP contribution in [-0.2, 0) is 0 Å². The lowest BCUT2D eigenvalue weighted by Crippen LogP contribution is -2.09. The summed E-state index contributed by atoms with van der Waals surface area (Å²) in [5.74, 6) is 0. The molecule has 10 aromatic rings. The van der Waals surface area contributed by atoms with Crippen molar-refractivity contribution in [2.75, 3.05) is 4.90 Å². The van der Waals surface area contributed by atoms with Gasteiger partial charge in [0.1, 0.15) is 22.3 Å². The summed E-state index contributed by atoms with van der Waals surface area (Å²) in [6.45, 7) is 0. The quantitative estimate of drug-likeness (QED) is 0.201. The van der Waals surface area contributed by atoms with E-state index in [4.69, 9.17) is 8.83 Å². The van der Waals surface area contributed by atoms with E-state index in [-0.39, 0.29) is 0 Å². The van der Waals surface area contributed by atoms with Crippen molar-refractivity contribution >= 4 is 82.5 Å². The second-order valence-electron chi connectivity index (χ2n) is 12.2. The second kappa shape index (κ2) is 10.1. The van der Waals surface area contributed by atoms with Crippen molar-refractivity contribution in [2.45, 2.75) is 0 Å². The summed E-state index contributed by atoms with van der Waals surface area (Å²) in [5, 5.41) is 8.97. The molecule has 0 aliphatic carbocycles. The van der Waals surface area contributed by atoms with Gasteiger partial charge in [0, 0.05) is 38.6 Å². The molecule has 47 heavy (non-hydrogen) atoms. The van der Waals surface area contributed by atoms with E-state index in [1.165, 1.54) is 21.9 Å². The minimum atomic E-state index is 0.864. The molecule has 0 aliphatic rings. The summed E-state index contributed by atoms with van der Waals surface area (Å²) in [7, 11) is 0. The highest BCUT2D eigenvalue weighted by Gasteiger charge is 2.17. The van der Waals surface area contributed by atoms with E-state index >= 15 is 0 Å². The van der Waals surface area contributed by atoms with Crippen molar-refractivity contribution in [1.29, 1.82) is 0 Å². The fourth-order valence-corrected chi connectivity index (χ4v) is 7.06. The summed E-state index contributed by atoms with van der Waals surface area (Å²) in [4.78, 5) is 2.31. The van der Waals surface area contributed by atoms with Gasteiger partial charge in [0.2, 0.25) is 0 Å². The predicted molar refractivity (Wildman–Crippen MR) is 196 cm³/mol. The minimum Gasteiger partial charge on any atom is -0.456 e. The van der Waals surface area contributed by atoms with Crippen LogP contribution < -0.4 is 4.90 Å². The van der Waals surface area contributed by atoms with Gasteiger partial charge in [-0.3, -0.25) is 0 Å². The first kappa shape index (κ1) is 26.0. The highest BCUT2D eigenvalue weighted by Crippen LogP contribution is 2.41. The van der Waals surface area contributed by atoms with Crippen molar-refractivity contribution in [3.63, 3.8) is 0 Å². The number of anilines is 3. The Balaban J connectivity index is 1.12. The summed E-state index contributed by atoms with van der Waals surface area (Å²) < 4.78 is 12.9. The predicted octanol–water partition coefficient (Wildman–Crippen LogP) is 12.9. The van der Waals surface area contributed by atoms with Crippen LogP contribution >= 0.6 is 0 Å². The number of hydrogen-bond donors (Lipinski definition) is 0. The fourth-order valence-electron chi connectivity index (χ4n) is 7.06. The third-order valence-electron chi connectivity index (χ3n) is 9.38. The number of nitrogens with zero attached hydrogens (tertiary/aromatic N) is 1. The molecule has 0 fully saturated rings. The van der Waals surface area contributed by atoms with E-state index in [1.807, 2.05) is 0 Å². The molecule has 0 bridgehead atoms. The maximum Gasteiger partial charge on any atom is 0.136 e. The van der Waals surface area contributed by atoms with E-state index < -0.39 is 0 Å². The van der Waals surface area contributed by atoms with Gasteiger partial charge < -0.3 is 13.7 Å². The Morgan fingerprint density at radius 1 is 0.298 bits per heavy atom. The zero-order chi connectivity index (χ0) is 30.9. The van der Waals surface area contributed by atoms with Gasteiger partial charge in [0.15, 0.2) is 0 Å². The summed E-state index contributed by atoms with van der Waals surface area (Å²) >= 11 is 0. The molecule has 3 nitrogen and oxygen atoms in total. The Kier molecular flexibility index (Phi) is 5.57. The third kappa shape index (κ3) is 4.21. The van der Waals surface area contributed by atoms with Crippen LogP contribution in [0.3, 0.4) is 0 Å². The van der Waals surface area contributed by atoms with Gasteiger partial charge in [0.25, 0.3) is 0 Å². The van der Waals surface area contributed by atoms with Crippen molar-refractivity contribution in [2.24, 2.45) is 0 Å². The normalized spacial score (nSPS) is 11.8. The molecule has 2 aromatic heterocycles. The van der Waals surface area contributed by atoms with Crippen molar-refractivity contribution < 1.29 is 8.83 Å². The van der Waals surface area contributed by atoms with Gasteiger partial charge in [-0.25, -0.2) is 0 Å². The van der Waals surface area contributed by atoms with Crippen molar-refractivity contribution in [3.8, 4) is 11.1 Å². The Bertz CT molecular complexity index is 2770.